The number of likely N-dealkylation sites (N-methyl/N-ethyl adjacent to an activating group) is 1. The predicted octanol–water partition coefficient (Wildman–Crippen LogP) is 0.893. The Morgan fingerprint density at radius 1 is 1.50 bits per heavy atom. The summed E-state index contributed by atoms with van der Waals surface area (Å²) in [5.74, 6) is 0.876. The summed E-state index contributed by atoms with van der Waals surface area (Å²) in [5, 5.41) is 2.49. The molecule has 0 saturated carbocycles. The van der Waals surface area contributed by atoms with E-state index >= 15 is 0 Å². The second-order valence-corrected chi connectivity index (χ2v) is 3.96. The van der Waals surface area contributed by atoms with E-state index in [-0.39, 0.29) is 11.9 Å². The maximum absolute atomic E-state index is 11.7. The second kappa shape index (κ2) is 4.48. The molecule has 0 saturated heterocycles. The molecule has 2 rings (SSSR count). The summed E-state index contributed by atoms with van der Waals surface area (Å²) in [7, 11) is 1.65. The van der Waals surface area contributed by atoms with Gasteiger partial charge in [0.2, 0.25) is 11.9 Å². The zero-order chi connectivity index (χ0) is 13.3. The van der Waals surface area contributed by atoms with Crippen molar-refractivity contribution in [3.8, 4) is 0 Å². The van der Waals surface area contributed by atoms with Crippen molar-refractivity contribution in [3.05, 3.63) is 29.4 Å². The molecule has 0 radical (unpaired) electrons. The van der Waals surface area contributed by atoms with Crippen molar-refractivity contribution < 1.29 is 14.0 Å². The van der Waals surface area contributed by atoms with Gasteiger partial charge >= 0.3 is 0 Å². The number of carbonyl (C=O) groups excluding carboxylic acids is 2. The first-order valence-electron chi connectivity index (χ1n) is 5.40. The molecule has 2 heterocycles. The Bertz CT molecular complexity index is 569. The highest BCUT2D eigenvalue weighted by Crippen LogP contribution is 2.18. The van der Waals surface area contributed by atoms with Gasteiger partial charge in [0.1, 0.15) is 17.2 Å². The monoisotopic (exact) mass is 247 g/mol. The number of nitrogens with zero attached hydrogens (tertiary/aromatic N) is 2. The van der Waals surface area contributed by atoms with Crippen LogP contribution in [0.15, 0.2) is 27.2 Å². The predicted molar refractivity (Wildman–Crippen MR) is 65.4 cm³/mol. The van der Waals surface area contributed by atoms with Gasteiger partial charge in [-0.25, -0.2) is 0 Å². The molecule has 0 aliphatic carbocycles. The molecule has 6 nitrogen and oxygen atoms in total. The molecule has 0 bridgehead atoms. The van der Waals surface area contributed by atoms with Crippen LogP contribution >= 0.6 is 0 Å². The first-order chi connectivity index (χ1) is 8.47. The summed E-state index contributed by atoms with van der Waals surface area (Å²) in [6.07, 6.45) is 1.59. The summed E-state index contributed by atoms with van der Waals surface area (Å²) in [4.78, 5) is 27.9. The van der Waals surface area contributed by atoms with Crippen LogP contribution in [0.3, 0.4) is 0 Å². The molecule has 2 amide bonds. The molecule has 18 heavy (non-hydrogen) atoms. The first kappa shape index (κ1) is 12.1. The largest absolute Gasteiger partial charge is 0.462 e. The van der Waals surface area contributed by atoms with E-state index in [2.05, 4.69) is 10.3 Å². The van der Waals surface area contributed by atoms with Gasteiger partial charge in [0.15, 0.2) is 0 Å². The smallest absolute Gasteiger partial charge is 0.297 e. The highest BCUT2D eigenvalue weighted by Gasteiger charge is 2.27. The first-order valence-corrected chi connectivity index (χ1v) is 5.40. The van der Waals surface area contributed by atoms with Crippen LogP contribution in [0.5, 0.6) is 0 Å². The minimum absolute atomic E-state index is 0.224. The number of rotatable bonds is 1. The molecule has 6 heteroatoms. The van der Waals surface area contributed by atoms with Crippen LogP contribution in [0.25, 0.3) is 6.08 Å². The molecule has 94 valence electrons. The van der Waals surface area contributed by atoms with Crippen molar-refractivity contribution in [2.45, 2.75) is 13.8 Å². The Hall–Kier alpha value is -2.37. The molecule has 0 spiro atoms. The topological polar surface area (TPSA) is 74.9 Å². The zero-order valence-electron chi connectivity index (χ0n) is 10.4. The summed E-state index contributed by atoms with van der Waals surface area (Å²) in [5.41, 5.74) is 0.355. The van der Waals surface area contributed by atoms with E-state index in [4.69, 9.17) is 4.42 Å². The average Bonchev–Trinajstić information content (AvgIpc) is 2.78. The number of hydrogen-bond acceptors (Lipinski definition) is 4. The van der Waals surface area contributed by atoms with Crippen molar-refractivity contribution in [1.82, 2.24) is 10.2 Å². The van der Waals surface area contributed by atoms with Crippen LogP contribution in [-0.4, -0.2) is 29.7 Å². The Morgan fingerprint density at radius 2 is 2.22 bits per heavy atom. The van der Waals surface area contributed by atoms with Crippen LogP contribution in [0.4, 0.5) is 0 Å². The van der Waals surface area contributed by atoms with Crippen molar-refractivity contribution in [3.63, 3.8) is 0 Å². The Labute approximate surface area is 104 Å². The van der Waals surface area contributed by atoms with E-state index in [0.29, 0.717) is 11.5 Å². The molecule has 0 unspecified atom stereocenters. The van der Waals surface area contributed by atoms with E-state index in [1.54, 1.807) is 25.3 Å². The number of aliphatic imine (C=N–C) groups is 1. The number of hydrogen-bond donors (Lipinski definition) is 1. The molecule has 0 aromatic carbocycles. The van der Waals surface area contributed by atoms with Crippen LogP contribution in [0.2, 0.25) is 0 Å². The lowest BCUT2D eigenvalue weighted by atomic mass is 10.3. The van der Waals surface area contributed by atoms with E-state index in [0.717, 1.165) is 5.76 Å². The van der Waals surface area contributed by atoms with Crippen molar-refractivity contribution in [2.75, 3.05) is 7.05 Å². The zero-order valence-corrected chi connectivity index (χ0v) is 10.4. The third kappa shape index (κ3) is 2.32. The van der Waals surface area contributed by atoms with Crippen molar-refractivity contribution in [1.29, 1.82) is 0 Å². The van der Waals surface area contributed by atoms with Gasteiger partial charge in [-0.15, -0.1) is 0 Å². The molecular weight excluding hydrogens is 234 g/mol. The fourth-order valence-electron chi connectivity index (χ4n) is 1.58. The molecule has 0 atom stereocenters. The van der Waals surface area contributed by atoms with Crippen LogP contribution in [-0.2, 0) is 9.59 Å². The Balaban J connectivity index is 2.25. The lowest BCUT2D eigenvalue weighted by Crippen LogP contribution is -2.37. The molecule has 0 fully saturated rings. The van der Waals surface area contributed by atoms with Gasteiger partial charge < -0.3 is 9.32 Å². The van der Waals surface area contributed by atoms with Gasteiger partial charge in [-0.2, -0.15) is 4.99 Å². The molecule has 1 N–H and O–H groups in total. The average molecular weight is 247 g/mol. The second-order valence-electron chi connectivity index (χ2n) is 3.96. The number of carbonyl (C=O) groups is 2. The standard InChI is InChI=1S/C12H13N3O3/c1-7-4-5-9(18-7)6-10-11(17)14-12(15(10)3)13-8(2)16/h4-6H,1-3H3,(H,13,14,16,17)/b10-6-. The summed E-state index contributed by atoms with van der Waals surface area (Å²) in [6, 6.07) is 3.57. The van der Waals surface area contributed by atoms with Crippen molar-refractivity contribution >= 4 is 23.8 Å². The van der Waals surface area contributed by atoms with Gasteiger partial charge in [0, 0.05) is 20.0 Å². The number of furan rings is 1. The number of aryl methyl sites for hydroxylation is 1. The van der Waals surface area contributed by atoms with Crippen LogP contribution in [0, 0.1) is 6.92 Å². The minimum Gasteiger partial charge on any atom is -0.462 e. The SMILES string of the molecule is CC(=O)NC1=NC(=O)/C(=C/c2ccc(C)o2)N1C. The van der Waals surface area contributed by atoms with Gasteiger partial charge in [-0.05, 0) is 19.1 Å². The van der Waals surface area contributed by atoms with E-state index in [9.17, 15) is 9.59 Å². The van der Waals surface area contributed by atoms with Gasteiger partial charge in [0.05, 0.1) is 0 Å². The number of nitrogens with one attached hydrogen (secondary N) is 1. The quantitative estimate of drug-likeness (QED) is 0.748. The highest BCUT2D eigenvalue weighted by atomic mass is 16.3. The number of amides is 2. The summed E-state index contributed by atoms with van der Waals surface area (Å²) >= 11 is 0. The molecular formula is C12H13N3O3. The molecule has 1 aliphatic rings. The van der Waals surface area contributed by atoms with E-state index in [1.807, 2.05) is 6.92 Å². The maximum Gasteiger partial charge on any atom is 0.297 e. The van der Waals surface area contributed by atoms with Gasteiger partial charge in [0.25, 0.3) is 5.91 Å². The van der Waals surface area contributed by atoms with Gasteiger partial charge in [-0.1, -0.05) is 0 Å². The summed E-state index contributed by atoms with van der Waals surface area (Å²) in [6.45, 7) is 3.18. The highest BCUT2D eigenvalue weighted by molar-refractivity contribution is 6.15. The third-order valence-corrected chi connectivity index (χ3v) is 2.43. The maximum atomic E-state index is 11.7. The summed E-state index contributed by atoms with van der Waals surface area (Å²) < 4.78 is 5.36. The fourth-order valence-corrected chi connectivity index (χ4v) is 1.58. The van der Waals surface area contributed by atoms with Gasteiger partial charge in [-0.3, -0.25) is 14.9 Å². The molecule has 1 aliphatic heterocycles. The normalized spacial score (nSPS) is 17.3. The third-order valence-electron chi connectivity index (χ3n) is 2.43. The lowest BCUT2D eigenvalue weighted by molar-refractivity contribution is -0.117. The fraction of sp³-hybridized carbons (Fsp3) is 0.250. The molecule has 1 aromatic rings. The molecule has 1 aromatic heterocycles. The van der Waals surface area contributed by atoms with E-state index < -0.39 is 5.91 Å². The minimum atomic E-state index is -0.407. The Kier molecular flexibility index (Phi) is 3.01. The van der Waals surface area contributed by atoms with Crippen LogP contribution < -0.4 is 5.32 Å². The van der Waals surface area contributed by atoms with Crippen LogP contribution in [0.1, 0.15) is 18.4 Å². The number of guanidine groups is 1. The van der Waals surface area contributed by atoms with Crippen molar-refractivity contribution in [2.24, 2.45) is 4.99 Å². The lowest BCUT2D eigenvalue weighted by Gasteiger charge is -2.14. The van der Waals surface area contributed by atoms with E-state index in [1.165, 1.54) is 11.8 Å². The Morgan fingerprint density at radius 3 is 2.78 bits per heavy atom.